The number of halogens is 1. The van der Waals surface area contributed by atoms with Gasteiger partial charge in [-0.3, -0.25) is 0 Å². The summed E-state index contributed by atoms with van der Waals surface area (Å²) in [5, 5.41) is 9.65. The summed E-state index contributed by atoms with van der Waals surface area (Å²) in [5.41, 5.74) is 0.557. The highest BCUT2D eigenvalue weighted by Gasteiger charge is 2.27. The lowest BCUT2D eigenvalue weighted by molar-refractivity contribution is 0.134. The van der Waals surface area contributed by atoms with E-state index < -0.39 is 21.9 Å². The summed E-state index contributed by atoms with van der Waals surface area (Å²) in [5.74, 6) is -0.620. The predicted molar refractivity (Wildman–Crippen MR) is 69.7 cm³/mol. The van der Waals surface area contributed by atoms with Gasteiger partial charge >= 0.3 is 0 Å². The van der Waals surface area contributed by atoms with Crippen molar-refractivity contribution in [2.75, 3.05) is 6.54 Å². The van der Waals surface area contributed by atoms with E-state index >= 15 is 0 Å². The Bertz CT molecular complexity index is 539. The minimum atomic E-state index is -3.72. The van der Waals surface area contributed by atoms with Crippen molar-refractivity contribution < 1.29 is 17.9 Å². The molecule has 106 valence electrons. The SMILES string of the molecule is Cc1cc(F)cc(S(=O)(=O)NC[C@H]2CCC[C@H]2O)c1. The van der Waals surface area contributed by atoms with E-state index in [-0.39, 0.29) is 17.4 Å². The van der Waals surface area contributed by atoms with E-state index in [4.69, 9.17) is 0 Å². The summed E-state index contributed by atoms with van der Waals surface area (Å²) < 4.78 is 39.8. The zero-order valence-corrected chi connectivity index (χ0v) is 11.6. The summed E-state index contributed by atoms with van der Waals surface area (Å²) >= 11 is 0. The van der Waals surface area contributed by atoms with Crippen LogP contribution in [-0.2, 0) is 10.0 Å². The van der Waals surface area contributed by atoms with Crippen LogP contribution < -0.4 is 4.72 Å². The monoisotopic (exact) mass is 287 g/mol. The normalized spacial score (nSPS) is 23.7. The third-order valence-electron chi connectivity index (χ3n) is 3.48. The fourth-order valence-electron chi connectivity index (χ4n) is 2.41. The molecule has 1 aliphatic carbocycles. The van der Waals surface area contributed by atoms with Crippen LogP contribution in [0, 0.1) is 18.7 Å². The maximum absolute atomic E-state index is 13.2. The van der Waals surface area contributed by atoms with Crippen LogP contribution >= 0.6 is 0 Å². The van der Waals surface area contributed by atoms with Crippen molar-refractivity contribution in [1.82, 2.24) is 4.72 Å². The number of hydrogen-bond acceptors (Lipinski definition) is 3. The van der Waals surface area contributed by atoms with Crippen molar-refractivity contribution in [2.45, 2.75) is 37.2 Å². The first-order valence-electron chi connectivity index (χ1n) is 6.33. The van der Waals surface area contributed by atoms with E-state index in [9.17, 15) is 17.9 Å². The third-order valence-corrected chi connectivity index (χ3v) is 4.88. The molecule has 1 aromatic carbocycles. The lowest BCUT2D eigenvalue weighted by Crippen LogP contribution is -2.32. The number of hydrogen-bond donors (Lipinski definition) is 2. The number of aliphatic hydroxyl groups is 1. The van der Waals surface area contributed by atoms with Crippen molar-refractivity contribution in [3.8, 4) is 0 Å². The first kappa shape index (κ1) is 14.4. The second-order valence-electron chi connectivity index (χ2n) is 5.07. The zero-order chi connectivity index (χ0) is 14.0. The Morgan fingerprint density at radius 3 is 2.68 bits per heavy atom. The van der Waals surface area contributed by atoms with Crippen LogP contribution in [0.25, 0.3) is 0 Å². The molecule has 19 heavy (non-hydrogen) atoms. The van der Waals surface area contributed by atoms with Gasteiger partial charge in [0.15, 0.2) is 0 Å². The highest BCUT2D eigenvalue weighted by atomic mass is 32.2. The van der Waals surface area contributed by atoms with Gasteiger partial charge in [0.2, 0.25) is 10.0 Å². The molecule has 4 nitrogen and oxygen atoms in total. The number of sulfonamides is 1. The summed E-state index contributed by atoms with van der Waals surface area (Å²) in [6.07, 6.45) is 1.99. The molecule has 1 aromatic rings. The molecule has 2 N–H and O–H groups in total. The summed E-state index contributed by atoms with van der Waals surface area (Å²) in [6.45, 7) is 1.84. The van der Waals surface area contributed by atoms with Crippen LogP contribution in [0.15, 0.2) is 23.1 Å². The first-order chi connectivity index (χ1) is 8.88. The van der Waals surface area contributed by atoms with Gasteiger partial charge in [-0.15, -0.1) is 0 Å². The number of benzene rings is 1. The summed E-state index contributed by atoms with van der Waals surface area (Å²) in [6, 6.07) is 3.71. The van der Waals surface area contributed by atoms with Gasteiger partial charge in [0.05, 0.1) is 11.0 Å². The van der Waals surface area contributed by atoms with Crippen LogP contribution in [0.2, 0.25) is 0 Å². The van der Waals surface area contributed by atoms with Crippen LogP contribution in [0.5, 0.6) is 0 Å². The molecule has 1 saturated carbocycles. The molecular weight excluding hydrogens is 269 g/mol. The Labute approximate surface area is 112 Å². The van der Waals surface area contributed by atoms with E-state index in [2.05, 4.69) is 4.72 Å². The van der Waals surface area contributed by atoms with Gasteiger partial charge < -0.3 is 5.11 Å². The highest BCUT2D eigenvalue weighted by molar-refractivity contribution is 7.89. The molecule has 0 heterocycles. The average Bonchev–Trinajstić information content (AvgIpc) is 2.71. The van der Waals surface area contributed by atoms with Crippen LogP contribution in [0.4, 0.5) is 4.39 Å². The zero-order valence-electron chi connectivity index (χ0n) is 10.8. The topological polar surface area (TPSA) is 66.4 Å². The molecule has 0 bridgehead atoms. The molecule has 0 spiro atoms. The number of nitrogens with one attached hydrogen (secondary N) is 1. The van der Waals surface area contributed by atoms with Gasteiger partial charge in [0, 0.05) is 6.54 Å². The minimum Gasteiger partial charge on any atom is -0.393 e. The summed E-state index contributed by atoms with van der Waals surface area (Å²) in [4.78, 5) is -0.0718. The lowest BCUT2D eigenvalue weighted by Gasteiger charge is -2.15. The molecule has 2 rings (SSSR count). The number of aliphatic hydroxyl groups excluding tert-OH is 1. The van der Waals surface area contributed by atoms with Crippen LogP contribution in [0.3, 0.4) is 0 Å². The molecule has 0 unspecified atom stereocenters. The van der Waals surface area contributed by atoms with Crippen LogP contribution in [-0.4, -0.2) is 26.2 Å². The molecule has 0 radical (unpaired) electrons. The molecule has 2 atom stereocenters. The van der Waals surface area contributed by atoms with Gasteiger partial charge in [-0.05, 0) is 49.4 Å². The van der Waals surface area contributed by atoms with Crippen molar-refractivity contribution in [1.29, 1.82) is 0 Å². The molecule has 0 amide bonds. The average molecular weight is 287 g/mol. The Kier molecular flexibility index (Phi) is 4.23. The van der Waals surface area contributed by atoms with Crippen molar-refractivity contribution in [3.05, 3.63) is 29.6 Å². The molecule has 6 heteroatoms. The third kappa shape index (κ3) is 3.52. The van der Waals surface area contributed by atoms with E-state index in [1.807, 2.05) is 0 Å². The lowest BCUT2D eigenvalue weighted by atomic mass is 10.1. The fraction of sp³-hybridized carbons (Fsp3) is 0.538. The van der Waals surface area contributed by atoms with Gasteiger partial charge in [-0.2, -0.15) is 0 Å². The quantitative estimate of drug-likeness (QED) is 0.883. The maximum Gasteiger partial charge on any atom is 0.240 e. The fourth-order valence-corrected chi connectivity index (χ4v) is 3.62. The second kappa shape index (κ2) is 5.56. The Hall–Kier alpha value is -0.980. The molecule has 0 aliphatic heterocycles. The van der Waals surface area contributed by atoms with E-state index in [1.165, 1.54) is 12.1 Å². The summed E-state index contributed by atoms with van der Waals surface area (Å²) in [7, 11) is -3.72. The van der Waals surface area contributed by atoms with E-state index in [1.54, 1.807) is 6.92 Å². The van der Waals surface area contributed by atoms with Gasteiger partial charge in [-0.25, -0.2) is 17.5 Å². The molecule has 0 aromatic heterocycles. The molecule has 0 saturated heterocycles. The van der Waals surface area contributed by atoms with Gasteiger partial charge in [0.1, 0.15) is 5.82 Å². The van der Waals surface area contributed by atoms with Gasteiger partial charge in [-0.1, -0.05) is 6.42 Å². The van der Waals surface area contributed by atoms with E-state index in [0.29, 0.717) is 12.0 Å². The van der Waals surface area contributed by atoms with Gasteiger partial charge in [0.25, 0.3) is 0 Å². The van der Waals surface area contributed by atoms with E-state index in [0.717, 1.165) is 18.9 Å². The number of rotatable bonds is 4. The standard InChI is InChI=1S/C13H18FNO3S/c1-9-5-11(14)7-12(6-9)19(17,18)15-8-10-3-2-4-13(10)16/h5-7,10,13,15-16H,2-4,8H2,1H3/t10-,13-/m1/s1. The Morgan fingerprint density at radius 1 is 1.37 bits per heavy atom. The Balaban J connectivity index is 2.09. The number of aryl methyl sites for hydroxylation is 1. The molecule has 1 aliphatic rings. The van der Waals surface area contributed by atoms with Crippen molar-refractivity contribution >= 4 is 10.0 Å². The second-order valence-corrected chi connectivity index (χ2v) is 6.84. The maximum atomic E-state index is 13.2. The predicted octanol–water partition coefficient (Wildman–Crippen LogP) is 1.57. The molecular formula is C13H18FNO3S. The highest BCUT2D eigenvalue weighted by Crippen LogP contribution is 2.25. The first-order valence-corrected chi connectivity index (χ1v) is 7.82. The van der Waals surface area contributed by atoms with Crippen molar-refractivity contribution in [2.24, 2.45) is 5.92 Å². The minimum absolute atomic E-state index is 0.0515. The van der Waals surface area contributed by atoms with Crippen LogP contribution in [0.1, 0.15) is 24.8 Å². The smallest absolute Gasteiger partial charge is 0.240 e. The Morgan fingerprint density at radius 2 is 2.11 bits per heavy atom. The largest absolute Gasteiger partial charge is 0.393 e. The molecule has 1 fully saturated rings. The van der Waals surface area contributed by atoms with Crippen molar-refractivity contribution in [3.63, 3.8) is 0 Å².